The highest BCUT2D eigenvalue weighted by Crippen LogP contribution is 2.34. The first kappa shape index (κ1) is 22.7. The summed E-state index contributed by atoms with van der Waals surface area (Å²) in [7, 11) is 0. The van der Waals surface area contributed by atoms with Gasteiger partial charge in [0.1, 0.15) is 17.3 Å². The summed E-state index contributed by atoms with van der Waals surface area (Å²) in [5, 5.41) is 5.73. The molecule has 0 saturated carbocycles. The lowest BCUT2D eigenvalue weighted by atomic mass is 10.0. The first-order valence-corrected chi connectivity index (χ1v) is 10.6. The van der Waals surface area contributed by atoms with Crippen molar-refractivity contribution in [1.29, 1.82) is 0 Å². The molecule has 172 valence electrons. The molecule has 34 heavy (non-hydrogen) atoms. The number of hydrogen-bond acceptors (Lipinski definition) is 5. The van der Waals surface area contributed by atoms with Crippen molar-refractivity contribution >= 4 is 40.4 Å². The Morgan fingerprint density at radius 1 is 0.882 bits per heavy atom. The minimum Gasteiger partial charge on any atom is -0.494 e. The number of ether oxygens (including phenoxy) is 1. The van der Waals surface area contributed by atoms with E-state index in [9.17, 15) is 18.8 Å². The van der Waals surface area contributed by atoms with Crippen molar-refractivity contribution in [3.63, 3.8) is 0 Å². The van der Waals surface area contributed by atoms with Crippen molar-refractivity contribution < 1.29 is 23.5 Å². The van der Waals surface area contributed by atoms with Crippen LogP contribution in [0.3, 0.4) is 0 Å². The van der Waals surface area contributed by atoms with Gasteiger partial charge in [0.25, 0.3) is 11.8 Å². The van der Waals surface area contributed by atoms with Crippen LogP contribution < -0.4 is 20.3 Å². The molecular weight excluding hydrogens is 437 g/mol. The van der Waals surface area contributed by atoms with Crippen LogP contribution in [0.1, 0.15) is 19.4 Å². The molecule has 1 aliphatic rings. The van der Waals surface area contributed by atoms with Gasteiger partial charge in [0.05, 0.1) is 17.9 Å². The van der Waals surface area contributed by atoms with Crippen molar-refractivity contribution in [3.05, 3.63) is 89.9 Å². The summed E-state index contributed by atoms with van der Waals surface area (Å²) >= 11 is 0. The van der Waals surface area contributed by atoms with Gasteiger partial charge >= 0.3 is 0 Å². The maximum absolute atomic E-state index is 13.4. The van der Waals surface area contributed by atoms with Gasteiger partial charge in [-0.3, -0.25) is 14.4 Å². The zero-order valence-corrected chi connectivity index (χ0v) is 18.6. The largest absolute Gasteiger partial charge is 0.494 e. The Morgan fingerprint density at radius 2 is 1.50 bits per heavy atom. The second-order valence-electron chi connectivity index (χ2n) is 7.51. The zero-order chi connectivity index (χ0) is 24.2. The zero-order valence-electron chi connectivity index (χ0n) is 18.6. The van der Waals surface area contributed by atoms with Gasteiger partial charge in [-0.25, -0.2) is 9.29 Å². The number of rotatable bonds is 7. The third kappa shape index (κ3) is 4.66. The Labute approximate surface area is 195 Å². The molecule has 7 nitrogen and oxygen atoms in total. The van der Waals surface area contributed by atoms with E-state index in [2.05, 4.69) is 10.6 Å². The van der Waals surface area contributed by atoms with E-state index in [4.69, 9.17) is 4.74 Å². The summed E-state index contributed by atoms with van der Waals surface area (Å²) in [6.07, 6.45) is 0. The molecule has 1 aliphatic heterocycles. The van der Waals surface area contributed by atoms with Crippen LogP contribution in [0.15, 0.2) is 78.5 Å². The van der Waals surface area contributed by atoms with Crippen molar-refractivity contribution in [2.24, 2.45) is 0 Å². The molecule has 0 atom stereocenters. The number of nitrogens with zero attached hydrogens (tertiary/aromatic N) is 1. The van der Waals surface area contributed by atoms with Gasteiger partial charge in [0.15, 0.2) is 0 Å². The SMILES string of the molecule is CCOc1ccc(NC2=C(c3ccc(NC(C)=O)cc3)C(=O)N(c3ccc(F)cc3)C2=O)cc1. The first-order valence-electron chi connectivity index (χ1n) is 10.6. The molecule has 1 heterocycles. The molecular formula is C26H22FN3O4. The van der Waals surface area contributed by atoms with Crippen LogP contribution in [0.2, 0.25) is 0 Å². The Bertz CT molecular complexity index is 1270. The number of benzene rings is 3. The molecule has 0 spiro atoms. The van der Waals surface area contributed by atoms with E-state index in [1.807, 2.05) is 6.92 Å². The molecule has 3 aromatic carbocycles. The second-order valence-corrected chi connectivity index (χ2v) is 7.51. The standard InChI is InChI=1S/C26H22FN3O4/c1-3-34-22-14-10-20(11-15-22)29-24-23(17-4-8-19(9-5-17)28-16(2)31)25(32)30(26(24)33)21-12-6-18(27)7-13-21/h4-15,29H,3H2,1-2H3,(H,28,31). The summed E-state index contributed by atoms with van der Waals surface area (Å²) in [6.45, 7) is 3.80. The fraction of sp³-hybridized carbons (Fsp3) is 0.115. The monoisotopic (exact) mass is 459 g/mol. The first-order chi connectivity index (χ1) is 16.4. The molecule has 0 unspecified atom stereocenters. The van der Waals surface area contributed by atoms with Gasteiger partial charge in [-0.15, -0.1) is 0 Å². The smallest absolute Gasteiger partial charge is 0.282 e. The fourth-order valence-corrected chi connectivity index (χ4v) is 3.61. The lowest BCUT2D eigenvalue weighted by Gasteiger charge is -2.15. The van der Waals surface area contributed by atoms with Crippen molar-refractivity contribution in [1.82, 2.24) is 0 Å². The topological polar surface area (TPSA) is 87.7 Å². The van der Waals surface area contributed by atoms with E-state index < -0.39 is 17.6 Å². The third-order valence-corrected chi connectivity index (χ3v) is 5.10. The van der Waals surface area contributed by atoms with Gasteiger partial charge in [0, 0.05) is 18.3 Å². The highest BCUT2D eigenvalue weighted by Gasteiger charge is 2.40. The number of nitrogens with one attached hydrogen (secondary N) is 2. The van der Waals surface area contributed by atoms with E-state index in [1.165, 1.54) is 31.2 Å². The number of anilines is 3. The lowest BCUT2D eigenvalue weighted by molar-refractivity contribution is -0.120. The second kappa shape index (κ2) is 9.58. The quantitative estimate of drug-likeness (QED) is 0.505. The van der Waals surface area contributed by atoms with Crippen LogP contribution >= 0.6 is 0 Å². The van der Waals surface area contributed by atoms with E-state index in [1.54, 1.807) is 48.5 Å². The van der Waals surface area contributed by atoms with E-state index in [-0.39, 0.29) is 22.9 Å². The van der Waals surface area contributed by atoms with Crippen LogP contribution in [0, 0.1) is 5.82 Å². The number of carbonyl (C=O) groups excluding carboxylic acids is 3. The maximum atomic E-state index is 13.4. The molecule has 0 aliphatic carbocycles. The normalized spacial score (nSPS) is 13.3. The minimum absolute atomic E-state index is 0.0887. The summed E-state index contributed by atoms with van der Waals surface area (Å²) in [4.78, 5) is 39.1. The number of carbonyl (C=O) groups is 3. The summed E-state index contributed by atoms with van der Waals surface area (Å²) in [6, 6.07) is 18.7. The van der Waals surface area contributed by atoms with Gasteiger partial charge in [-0.2, -0.15) is 0 Å². The van der Waals surface area contributed by atoms with E-state index in [0.29, 0.717) is 29.3 Å². The number of halogens is 1. The average molecular weight is 459 g/mol. The highest BCUT2D eigenvalue weighted by atomic mass is 19.1. The molecule has 3 aromatic rings. The van der Waals surface area contributed by atoms with E-state index >= 15 is 0 Å². The Morgan fingerprint density at radius 3 is 2.09 bits per heavy atom. The van der Waals surface area contributed by atoms with Gasteiger partial charge in [0.2, 0.25) is 5.91 Å². The fourth-order valence-electron chi connectivity index (χ4n) is 3.61. The van der Waals surface area contributed by atoms with Crippen LogP contribution in [0.25, 0.3) is 5.57 Å². The molecule has 4 rings (SSSR count). The maximum Gasteiger partial charge on any atom is 0.282 e. The predicted octanol–water partition coefficient (Wildman–Crippen LogP) is 4.58. The summed E-state index contributed by atoms with van der Waals surface area (Å²) < 4.78 is 18.9. The van der Waals surface area contributed by atoms with Crippen molar-refractivity contribution in [2.75, 3.05) is 22.1 Å². The average Bonchev–Trinajstić information content (AvgIpc) is 3.05. The van der Waals surface area contributed by atoms with Crippen molar-refractivity contribution in [3.8, 4) is 5.75 Å². The molecule has 0 saturated heterocycles. The number of hydrogen-bond donors (Lipinski definition) is 2. The number of amides is 3. The Kier molecular flexibility index (Phi) is 6.40. The number of imide groups is 1. The third-order valence-electron chi connectivity index (χ3n) is 5.10. The lowest BCUT2D eigenvalue weighted by Crippen LogP contribution is -2.32. The van der Waals surface area contributed by atoms with Crippen LogP contribution in [0.4, 0.5) is 21.5 Å². The molecule has 0 fully saturated rings. The summed E-state index contributed by atoms with van der Waals surface area (Å²) in [5.41, 5.74) is 2.15. The Hall–Kier alpha value is -4.46. The van der Waals surface area contributed by atoms with Gasteiger partial charge < -0.3 is 15.4 Å². The molecule has 8 heteroatoms. The molecule has 0 aromatic heterocycles. The predicted molar refractivity (Wildman–Crippen MR) is 128 cm³/mol. The highest BCUT2D eigenvalue weighted by molar-refractivity contribution is 6.46. The van der Waals surface area contributed by atoms with E-state index in [0.717, 1.165) is 4.90 Å². The molecule has 0 bridgehead atoms. The summed E-state index contributed by atoms with van der Waals surface area (Å²) in [5.74, 6) is -1.13. The van der Waals surface area contributed by atoms with Crippen LogP contribution in [-0.2, 0) is 14.4 Å². The Balaban J connectivity index is 1.74. The minimum atomic E-state index is -0.563. The molecule has 2 N–H and O–H groups in total. The van der Waals surface area contributed by atoms with Crippen LogP contribution in [-0.4, -0.2) is 24.3 Å². The van der Waals surface area contributed by atoms with Gasteiger partial charge in [-0.1, -0.05) is 12.1 Å². The van der Waals surface area contributed by atoms with Crippen LogP contribution in [0.5, 0.6) is 5.75 Å². The molecule has 0 radical (unpaired) electrons. The van der Waals surface area contributed by atoms with Crippen molar-refractivity contribution in [2.45, 2.75) is 13.8 Å². The van der Waals surface area contributed by atoms with Gasteiger partial charge in [-0.05, 0) is 73.2 Å². The molecule has 3 amide bonds.